The molecule has 0 radical (unpaired) electrons. The van der Waals surface area contributed by atoms with E-state index in [1.165, 1.54) is 0 Å². The van der Waals surface area contributed by atoms with Gasteiger partial charge in [-0.1, -0.05) is 0 Å². The van der Waals surface area contributed by atoms with Crippen molar-refractivity contribution in [1.82, 2.24) is 0 Å². The molecule has 0 saturated heterocycles. The third-order valence-electron chi connectivity index (χ3n) is 1.88. The van der Waals surface area contributed by atoms with Gasteiger partial charge in [-0.3, -0.25) is 0 Å². The van der Waals surface area contributed by atoms with Crippen LogP contribution in [0.3, 0.4) is 0 Å². The smallest absolute Gasteiger partial charge is 0.347 e. The molecule has 0 spiro atoms. The zero-order valence-corrected chi connectivity index (χ0v) is 10.8. The summed E-state index contributed by atoms with van der Waals surface area (Å²) < 4.78 is 11.0. The Hall–Kier alpha value is -1.23. The van der Waals surface area contributed by atoms with Crippen LogP contribution in [0.5, 0.6) is 5.75 Å². The fourth-order valence-corrected chi connectivity index (χ4v) is 1.60. The van der Waals surface area contributed by atoms with Crippen LogP contribution >= 0.6 is 15.9 Å². The number of nitrogens with two attached hydrogens (primary N) is 1. The number of anilines is 1. The van der Waals surface area contributed by atoms with Crippen LogP contribution in [0.2, 0.25) is 0 Å². The zero-order valence-electron chi connectivity index (χ0n) is 9.20. The van der Waals surface area contributed by atoms with Gasteiger partial charge in [-0.2, -0.15) is 0 Å². The molecule has 0 aliphatic heterocycles. The molecule has 0 aliphatic rings. The third-order valence-corrected chi connectivity index (χ3v) is 2.50. The van der Waals surface area contributed by atoms with E-state index < -0.39 is 6.10 Å². The molecule has 0 amide bonds. The molecule has 0 heterocycles. The van der Waals surface area contributed by atoms with E-state index in [0.29, 0.717) is 22.5 Å². The van der Waals surface area contributed by atoms with Gasteiger partial charge in [0, 0.05) is 5.69 Å². The Balaban J connectivity index is 2.69. The summed E-state index contributed by atoms with van der Waals surface area (Å²) in [5.41, 5.74) is 6.22. The first-order chi connectivity index (χ1) is 7.54. The molecular formula is C11H14BrNO3. The van der Waals surface area contributed by atoms with Crippen LogP contribution in [-0.2, 0) is 9.53 Å². The molecule has 1 rings (SSSR count). The van der Waals surface area contributed by atoms with Gasteiger partial charge in [0.2, 0.25) is 0 Å². The molecule has 0 aliphatic carbocycles. The molecule has 0 aromatic heterocycles. The van der Waals surface area contributed by atoms with Gasteiger partial charge < -0.3 is 15.2 Å². The number of carbonyl (C=O) groups excluding carboxylic acids is 1. The lowest BCUT2D eigenvalue weighted by Gasteiger charge is -2.14. The highest BCUT2D eigenvalue weighted by Crippen LogP contribution is 2.27. The molecule has 2 N–H and O–H groups in total. The van der Waals surface area contributed by atoms with Crippen LogP contribution in [0.15, 0.2) is 22.7 Å². The Morgan fingerprint density at radius 1 is 1.56 bits per heavy atom. The third kappa shape index (κ3) is 3.41. The number of halogens is 1. The van der Waals surface area contributed by atoms with Gasteiger partial charge in [0.1, 0.15) is 5.75 Å². The first-order valence-electron chi connectivity index (χ1n) is 4.93. The molecule has 0 bridgehead atoms. The lowest BCUT2D eigenvalue weighted by molar-refractivity contribution is -0.150. The highest BCUT2D eigenvalue weighted by atomic mass is 79.9. The van der Waals surface area contributed by atoms with Crippen LogP contribution in [0.1, 0.15) is 13.8 Å². The predicted octanol–water partition coefficient (Wildman–Crippen LogP) is 2.36. The van der Waals surface area contributed by atoms with Crippen molar-refractivity contribution < 1.29 is 14.3 Å². The second-order valence-corrected chi connectivity index (χ2v) is 4.06. The van der Waals surface area contributed by atoms with Gasteiger partial charge in [0.25, 0.3) is 0 Å². The Morgan fingerprint density at radius 3 is 2.81 bits per heavy atom. The molecule has 1 atom stereocenters. The average molecular weight is 288 g/mol. The number of rotatable bonds is 4. The summed E-state index contributed by atoms with van der Waals surface area (Å²) >= 11 is 3.31. The Kier molecular flexibility index (Phi) is 4.61. The van der Waals surface area contributed by atoms with E-state index in [1.54, 1.807) is 32.0 Å². The maximum atomic E-state index is 11.3. The van der Waals surface area contributed by atoms with Crippen LogP contribution in [0.4, 0.5) is 5.69 Å². The predicted molar refractivity (Wildman–Crippen MR) is 65.3 cm³/mol. The molecular weight excluding hydrogens is 274 g/mol. The van der Waals surface area contributed by atoms with Gasteiger partial charge in [0.15, 0.2) is 6.10 Å². The summed E-state index contributed by atoms with van der Waals surface area (Å²) in [7, 11) is 0. The Bertz CT molecular complexity index is 381. The minimum Gasteiger partial charge on any atom is -0.478 e. The van der Waals surface area contributed by atoms with Crippen molar-refractivity contribution in [3.05, 3.63) is 22.7 Å². The zero-order chi connectivity index (χ0) is 12.1. The Labute approximate surface area is 103 Å². The lowest BCUT2D eigenvalue weighted by atomic mass is 10.3. The highest BCUT2D eigenvalue weighted by molar-refractivity contribution is 9.10. The number of esters is 1. The molecule has 1 aromatic rings. The van der Waals surface area contributed by atoms with Crippen molar-refractivity contribution in [2.75, 3.05) is 12.3 Å². The summed E-state index contributed by atoms with van der Waals surface area (Å²) in [5.74, 6) is 0.181. The highest BCUT2D eigenvalue weighted by Gasteiger charge is 2.16. The number of hydrogen-bond donors (Lipinski definition) is 1. The van der Waals surface area contributed by atoms with Crippen molar-refractivity contribution in [3.63, 3.8) is 0 Å². The summed E-state index contributed by atoms with van der Waals surface area (Å²) in [6.07, 6.45) is -0.639. The van der Waals surface area contributed by atoms with Gasteiger partial charge in [0.05, 0.1) is 11.1 Å². The monoisotopic (exact) mass is 287 g/mol. The fraction of sp³-hybridized carbons (Fsp3) is 0.364. The second kappa shape index (κ2) is 5.75. The standard InChI is InChI=1S/C11H14BrNO3/c1-3-15-11(14)7(2)16-10-5-4-8(13)6-9(10)12/h4-7H,3,13H2,1-2H3. The molecule has 1 unspecified atom stereocenters. The van der Waals surface area contributed by atoms with Crippen LogP contribution in [0, 0.1) is 0 Å². The Morgan fingerprint density at radius 2 is 2.25 bits per heavy atom. The molecule has 1 aromatic carbocycles. The minimum absolute atomic E-state index is 0.343. The van der Waals surface area contributed by atoms with E-state index in [1.807, 2.05) is 0 Å². The first-order valence-corrected chi connectivity index (χ1v) is 5.72. The van der Waals surface area contributed by atoms with E-state index in [-0.39, 0.29) is 5.97 Å². The summed E-state index contributed by atoms with van der Waals surface area (Å²) in [6.45, 7) is 3.74. The van der Waals surface area contributed by atoms with Crippen molar-refractivity contribution >= 4 is 27.6 Å². The normalized spacial score (nSPS) is 11.9. The largest absolute Gasteiger partial charge is 0.478 e. The van der Waals surface area contributed by atoms with E-state index >= 15 is 0 Å². The molecule has 88 valence electrons. The second-order valence-electron chi connectivity index (χ2n) is 3.20. The number of nitrogen functional groups attached to an aromatic ring is 1. The van der Waals surface area contributed by atoms with Crippen molar-refractivity contribution in [2.24, 2.45) is 0 Å². The minimum atomic E-state index is -0.639. The first kappa shape index (κ1) is 12.8. The van der Waals surface area contributed by atoms with Gasteiger partial charge >= 0.3 is 5.97 Å². The lowest BCUT2D eigenvalue weighted by Crippen LogP contribution is -2.26. The van der Waals surface area contributed by atoms with E-state index in [9.17, 15) is 4.79 Å². The van der Waals surface area contributed by atoms with Gasteiger partial charge in [-0.15, -0.1) is 0 Å². The summed E-state index contributed by atoms with van der Waals surface area (Å²) in [6, 6.07) is 5.13. The fourth-order valence-electron chi connectivity index (χ4n) is 1.11. The topological polar surface area (TPSA) is 61.5 Å². The number of carbonyl (C=O) groups is 1. The average Bonchev–Trinajstić information content (AvgIpc) is 2.22. The number of benzene rings is 1. The van der Waals surface area contributed by atoms with E-state index in [0.717, 1.165) is 0 Å². The van der Waals surface area contributed by atoms with Crippen molar-refractivity contribution in [2.45, 2.75) is 20.0 Å². The van der Waals surface area contributed by atoms with Gasteiger partial charge in [-0.25, -0.2) is 4.79 Å². The summed E-state index contributed by atoms with van der Waals surface area (Å²) in [4.78, 5) is 11.3. The quantitative estimate of drug-likeness (QED) is 0.682. The van der Waals surface area contributed by atoms with Crippen LogP contribution in [0.25, 0.3) is 0 Å². The maximum absolute atomic E-state index is 11.3. The van der Waals surface area contributed by atoms with Crippen LogP contribution in [-0.4, -0.2) is 18.7 Å². The number of hydrogen-bond acceptors (Lipinski definition) is 4. The van der Waals surface area contributed by atoms with Gasteiger partial charge in [-0.05, 0) is 48.0 Å². The molecule has 0 fully saturated rings. The summed E-state index contributed by atoms with van der Waals surface area (Å²) in [5, 5.41) is 0. The molecule has 16 heavy (non-hydrogen) atoms. The molecule has 4 nitrogen and oxygen atoms in total. The SMILES string of the molecule is CCOC(=O)C(C)Oc1ccc(N)cc1Br. The number of ether oxygens (including phenoxy) is 2. The molecule has 5 heteroatoms. The van der Waals surface area contributed by atoms with E-state index in [4.69, 9.17) is 15.2 Å². The van der Waals surface area contributed by atoms with Crippen LogP contribution < -0.4 is 10.5 Å². The molecule has 0 saturated carbocycles. The van der Waals surface area contributed by atoms with Crippen molar-refractivity contribution in [1.29, 1.82) is 0 Å². The maximum Gasteiger partial charge on any atom is 0.347 e. The van der Waals surface area contributed by atoms with E-state index in [2.05, 4.69) is 15.9 Å². The van der Waals surface area contributed by atoms with Crippen molar-refractivity contribution in [3.8, 4) is 5.75 Å².